The first-order valence-corrected chi connectivity index (χ1v) is 14.6. The molecule has 0 fully saturated rings. The maximum atomic E-state index is 12.8. The van der Waals surface area contributed by atoms with Gasteiger partial charge in [-0.3, -0.25) is 0 Å². The van der Waals surface area contributed by atoms with Gasteiger partial charge in [0.15, 0.2) is 0 Å². The Bertz CT molecular complexity index is 1630. The Morgan fingerprint density at radius 3 is 2.52 bits per heavy atom. The highest BCUT2D eigenvalue weighted by Gasteiger charge is 2.36. The Morgan fingerprint density at radius 2 is 1.83 bits per heavy atom. The number of aromatic nitrogens is 2. The molecule has 0 bridgehead atoms. The van der Waals surface area contributed by atoms with Crippen LogP contribution in [0.4, 0.5) is 4.79 Å². The van der Waals surface area contributed by atoms with E-state index in [1.165, 1.54) is 0 Å². The molecule has 0 saturated heterocycles. The van der Waals surface area contributed by atoms with Crippen molar-refractivity contribution in [2.24, 2.45) is 0 Å². The number of aromatic amines is 1. The zero-order valence-corrected chi connectivity index (χ0v) is 25.9. The second-order valence-electron chi connectivity index (χ2n) is 13.1. The number of hydrogen-bond acceptors (Lipinski definition) is 6. The Kier molecular flexibility index (Phi) is 7.79. The minimum absolute atomic E-state index is 0.337. The van der Waals surface area contributed by atoms with Crippen LogP contribution in [0.15, 0.2) is 42.5 Å². The largest absolute Gasteiger partial charge is 0.488 e. The van der Waals surface area contributed by atoms with Crippen molar-refractivity contribution < 1.29 is 24.0 Å². The Labute approximate surface area is 248 Å². The first-order valence-electron chi connectivity index (χ1n) is 14.6. The van der Waals surface area contributed by atoms with Crippen molar-refractivity contribution in [1.82, 2.24) is 14.9 Å². The van der Waals surface area contributed by atoms with E-state index < -0.39 is 16.8 Å². The highest BCUT2D eigenvalue weighted by atomic mass is 16.6. The molecule has 0 atom stereocenters. The average Bonchev–Trinajstić information content (AvgIpc) is 3.32. The molecule has 221 valence electrons. The van der Waals surface area contributed by atoms with Gasteiger partial charge in [0, 0.05) is 17.5 Å². The maximum absolute atomic E-state index is 12.8. The number of amides is 1. The fourth-order valence-electron chi connectivity index (χ4n) is 4.88. The smallest absolute Gasteiger partial charge is 0.410 e. The fraction of sp³-hybridized carbons (Fsp3) is 0.455. The number of rotatable bonds is 8. The van der Waals surface area contributed by atoms with Crippen LogP contribution in [0.1, 0.15) is 73.2 Å². The molecule has 2 heterocycles. The van der Waals surface area contributed by atoms with Gasteiger partial charge in [0.2, 0.25) is 0 Å². The summed E-state index contributed by atoms with van der Waals surface area (Å²) in [7, 11) is 1.70. The second-order valence-corrected chi connectivity index (χ2v) is 13.1. The third kappa shape index (κ3) is 6.13. The minimum atomic E-state index is -0.992. The Balaban J connectivity index is 1.42. The number of aliphatic hydroxyl groups is 1. The lowest BCUT2D eigenvalue weighted by molar-refractivity contribution is -0.0893. The van der Waals surface area contributed by atoms with Crippen LogP contribution in [0.5, 0.6) is 5.75 Å². The number of fused-ring (bicyclic) bond motifs is 6. The van der Waals surface area contributed by atoms with Gasteiger partial charge in [-0.25, -0.2) is 9.78 Å². The third-order valence-corrected chi connectivity index (χ3v) is 7.87. The molecule has 4 aromatic rings. The number of benzene rings is 3. The van der Waals surface area contributed by atoms with E-state index in [4.69, 9.17) is 19.1 Å². The summed E-state index contributed by atoms with van der Waals surface area (Å²) in [6.45, 7) is 16.2. The molecule has 9 heteroatoms. The Morgan fingerprint density at radius 1 is 1.07 bits per heavy atom. The number of nitrogens with one attached hydrogen (secondary N) is 1. The number of imidazole rings is 1. The molecule has 8 nitrogen and oxygen atoms in total. The number of H-pyrrole nitrogens is 1. The summed E-state index contributed by atoms with van der Waals surface area (Å²) in [4.78, 5) is 22.8. The van der Waals surface area contributed by atoms with Crippen LogP contribution in [0, 0.1) is 0 Å². The summed E-state index contributed by atoms with van der Waals surface area (Å²) in [5.41, 5.74) is 3.58. The number of nitrogens with zero attached hydrogens (tertiary/aromatic N) is 2. The SMILES string of the molecule is CCCN(Cc1nc2c(ccc3cc4c(cc32)OCc2cc([B]OC(C)(C)C(C)(C)O)ccc2-4)[nH]1)C(=O)OC(C)(C)C. The predicted molar refractivity (Wildman–Crippen MR) is 167 cm³/mol. The molecule has 2 N–H and O–H groups in total. The van der Waals surface area contributed by atoms with E-state index in [1.807, 2.05) is 53.7 Å². The molecule has 0 spiro atoms. The second kappa shape index (κ2) is 10.9. The topological polar surface area (TPSA) is 96.9 Å². The summed E-state index contributed by atoms with van der Waals surface area (Å²) in [5, 5.41) is 12.4. The van der Waals surface area contributed by atoms with Crippen molar-refractivity contribution in [3.05, 3.63) is 53.9 Å². The van der Waals surface area contributed by atoms with Crippen molar-refractivity contribution in [2.45, 2.75) is 91.8 Å². The number of hydrogen-bond donors (Lipinski definition) is 2. The van der Waals surface area contributed by atoms with Gasteiger partial charge in [-0.05, 0) is 89.6 Å². The van der Waals surface area contributed by atoms with E-state index >= 15 is 0 Å². The first kappa shape index (κ1) is 29.9. The van der Waals surface area contributed by atoms with Crippen LogP contribution >= 0.6 is 0 Å². The lowest BCUT2D eigenvalue weighted by Crippen LogP contribution is -2.49. The van der Waals surface area contributed by atoms with Gasteiger partial charge >= 0.3 is 13.6 Å². The molecule has 1 aliphatic rings. The van der Waals surface area contributed by atoms with E-state index in [1.54, 1.807) is 26.2 Å². The van der Waals surface area contributed by atoms with Gasteiger partial charge in [-0.2, -0.15) is 0 Å². The minimum Gasteiger partial charge on any atom is -0.488 e. The lowest BCUT2D eigenvalue weighted by Gasteiger charge is -2.37. The van der Waals surface area contributed by atoms with Gasteiger partial charge in [0.05, 0.1) is 28.8 Å². The number of carbonyl (C=O) groups is 1. The monoisotopic (exact) mass is 570 g/mol. The maximum Gasteiger partial charge on any atom is 0.410 e. The molecule has 1 amide bonds. The molecule has 0 aliphatic carbocycles. The average molecular weight is 571 g/mol. The summed E-state index contributed by atoms with van der Waals surface area (Å²) < 4.78 is 17.8. The fourth-order valence-corrected chi connectivity index (χ4v) is 4.88. The molecule has 3 aromatic carbocycles. The molecule has 5 rings (SSSR count). The first-order chi connectivity index (χ1) is 19.6. The van der Waals surface area contributed by atoms with Crippen LogP contribution in [0.2, 0.25) is 0 Å². The third-order valence-electron chi connectivity index (χ3n) is 7.87. The molecule has 1 radical (unpaired) electrons. The summed E-state index contributed by atoms with van der Waals surface area (Å²) in [6, 6.07) is 14.5. The van der Waals surface area contributed by atoms with Crippen LogP contribution < -0.4 is 10.2 Å². The van der Waals surface area contributed by atoms with Gasteiger partial charge in [0.25, 0.3) is 0 Å². The van der Waals surface area contributed by atoms with Crippen molar-refractivity contribution in [1.29, 1.82) is 0 Å². The highest BCUT2D eigenvalue weighted by Crippen LogP contribution is 2.41. The molecular formula is C33H41BN3O5. The summed E-state index contributed by atoms with van der Waals surface area (Å²) >= 11 is 0. The van der Waals surface area contributed by atoms with Crippen LogP contribution in [0.25, 0.3) is 32.9 Å². The zero-order valence-electron chi connectivity index (χ0n) is 25.9. The lowest BCUT2D eigenvalue weighted by atomic mass is 9.80. The molecule has 1 aromatic heterocycles. The highest BCUT2D eigenvalue weighted by molar-refractivity contribution is 6.47. The van der Waals surface area contributed by atoms with E-state index in [2.05, 4.69) is 35.3 Å². The number of carbonyl (C=O) groups excluding carboxylic acids is 1. The summed E-state index contributed by atoms with van der Waals surface area (Å²) in [6.07, 6.45) is 0.475. The van der Waals surface area contributed by atoms with Crippen LogP contribution in [-0.2, 0) is 22.5 Å². The van der Waals surface area contributed by atoms with Crippen molar-refractivity contribution >= 4 is 40.8 Å². The predicted octanol–water partition coefficient (Wildman–Crippen LogP) is 6.23. The summed E-state index contributed by atoms with van der Waals surface area (Å²) in [5.74, 6) is 1.52. The van der Waals surface area contributed by atoms with Crippen molar-refractivity contribution in [3.8, 4) is 16.9 Å². The normalized spacial score (nSPS) is 13.5. The van der Waals surface area contributed by atoms with Gasteiger partial charge in [-0.1, -0.05) is 36.7 Å². The zero-order chi connectivity index (χ0) is 30.4. The molecule has 0 unspecified atom stereocenters. The molecular weight excluding hydrogens is 529 g/mol. The van der Waals surface area contributed by atoms with E-state index in [-0.39, 0.29) is 6.09 Å². The van der Waals surface area contributed by atoms with Gasteiger partial charge in [0.1, 0.15) is 23.8 Å². The van der Waals surface area contributed by atoms with E-state index in [0.717, 1.165) is 56.1 Å². The van der Waals surface area contributed by atoms with E-state index in [9.17, 15) is 9.90 Å². The van der Waals surface area contributed by atoms with Crippen LogP contribution in [0.3, 0.4) is 0 Å². The van der Waals surface area contributed by atoms with Crippen molar-refractivity contribution in [2.75, 3.05) is 6.54 Å². The molecule has 42 heavy (non-hydrogen) atoms. The standard InChI is InChI=1S/C33H41BN3O5/c1-9-14-37(30(38)41-31(2,3)4)18-28-35-26-13-10-20-16-25-23-12-11-22(34-42-33(7,8)32(5,6)39)15-21(23)19-40-27(25)17-24(20)29(26)36-28/h10-13,15-17,39H,9,14,18-19H2,1-8H3,(H,35,36). The van der Waals surface area contributed by atoms with E-state index in [0.29, 0.717) is 25.5 Å². The molecule has 0 saturated carbocycles. The van der Waals surface area contributed by atoms with Crippen LogP contribution in [-0.4, -0.2) is 56.9 Å². The van der Waals surface area contributed by atoms with Crippen molar-refractivity contribution in [3.63, 3.8) is 0 Å². The molecule has 1 aliphatic heterocycles. The van der Waals surface area contributed by atoms with Gasteiger partial charge in [-0.15, -0.1) is 0 Å². The number of ether oxygens (including phenoxy) is 2. The Hall–Kier alpha value is -3.56. The van der Waals surface area contributed by atoms with Gasteiger partial charge < -0.3 is 29.1 Å². The quantitative estimate of drug-likeness (QED) is 0.244.